The SMILES string of the molecule is CCN(Cn1nc(-c2ccccc2F)n(C2CC2)c1=S)C1CCCCC1. The molecule has 2 saturated carbocycles. The topological polar surface area (TPSA) is 26.0 Å². The average molecular weight is 375 g/mol. The van der Waals surface area contributed by atoms with Crippen LogP contribution < -0.4 is 0 Å². The van der Waals surface area contributed by atoms with Crippen LogP contribution in [0.15, 0.2) is 24.3 Å². The number of hydrogen-bond acceptors (Lipinski definition) is 3. The summed E-state index contributed by atoms with van der Waals surface area (Å²) >= 11 is 5.75. The Morgan fingerprint density at radius 1 is 1.15 bits per heavy atom. The van der Waals surface area contributed by atoms with Crippen molar-refractivity contribution in [2.24, 2.45) is 0 Å². The van der Waals surface area contributed by atoms with Gasteiger partial charge in [0, 0.05) is 12.1 Å². The van der Waals surface area contributed by atoms with E-state index in [2.05, 4.69) is 16.4 Å². The standard InChI is InChI=1S/C20H27FN4S/c1-2-23(15-8-4-3-5-9-15)14-24-20(26)25(16-12-13-16)19(22-24)17-10-6-7-11-18(17)21/h6-7,10-11,15-16H,2-5,8-9,12-14H2,1H3. The minimum absolute atomic E-state index is 0.235. The lowest BCUT2D eigenvalue weighted by atomic mass is 9.94. The van der Waals surface area contributed by atoms with Crippen LogP contribution in [0.3, 0.4) is 0 Å². The van der Waals surface area contributed by atoms with Crippen LogP contribution in [0.25, 0.3) is 11.4 Å². The van der Waals surface area contributed by atoms with Crippen molar-refractivity contribution in [3.05, 3.63) is 34.9 Å². The molecule has 140 valence electrons. The van der Waals surface area contributed by atoms with Gasteiger partial charge >= 0.3 is 0 Å². The van der Waals surface area contributed by atoms with Crippen LogP contribution in [0, 0.1) is 10.6 Å². The Kier molecular flexibility index (Phi) is 5.23. The van der Waals surface area contributed by atoms with Gasteiger partial charge < -0.3 is 0 Å². The lowest BCUT2D eigenvalue weighted by Crippen LogP contribution is -2.38. The van der Waals surface area contributed by atoms with Crippen LogP contribution in [0.4, 0.5) is 4.39 Å². The van der Waals surface area contributed by atoms with E-state index in [4.69, 9.17) is 17.3 Å². The van der Waals surface area contributed by atoms with E-state index < -0.39 is 0 Å². The maximum Gasteiger partial charge on any atom is 0.199 e. The van der Waals surface area contributed by atoms with Crippen molar-refractivity contribution in [1.29, 1.82) is 0 Å². The van der Waals surface area contributed by atoms with Gasteiger partial charge in [0.05, 0.1) is 12.2 Å². The van der Waals surface area contributed by atoms with E-state index in [1.54, 1.807) is 12.1 Å². The number of aromatic nitrogens is 3. The first-order chi connectivity index (χ1) is 12.7. The van der Waals surface area contributed by atoms with Gasteiger partial charge in [0.25, 0.3) is 0 Å². The quantitative estimate of drug-likeness (QED) is 0.653. The molecule has 1 heterocycles. The molecule has 0 radical (unpaired) electrons. The lowest BCUT2D eigenvalue weighted by molar-refractivity contribution is 0.119. The third-order valence-corrected chi connectivity index (χ3v) is 6.12. The molecule has 4 nitrogen and oxygen atoms in total. The molecule has 0 N–H and O–H groups in total. The average Bonchev–Trinajstić information content (AvgIpc) is 3.45. The summed E-state index contributed by atoms with van der Waals surface area (Å²) in [5.41, 5.74) is 0.546. The van der Waals surface area contributed by atoms with Crippen molar-refractivity contribution in [2.45, 2.75) is 70.6 Å². The van der Waals surface area contributed by atoms with E-state index in [0.29, 0.717) is 30.1 Å². The zero-order valence-electron chi connectivity index (χ0n) is 15.4. The second kappa shape index (κ2) is 7.61. The predicted molar refractivity (Wildman–Crippen MR) is 104 cm³/mol. The van der Waals surface area contributed by atoms with Gasteiger partial charge in [-0.05, 0) is 56.6 Å². The van der Waals surface area contributed by atoms with Crippen molar-refractivity contribution in [2.75, 3.05) is 6.54 Å². The maximum absolute atomic E-state index is 14.4. The van der Waals surface area contributed by atoms with E-state index in [0.717, 1.165) is 24.2 Å². The van der Waals surface area contributed by atoms with Gasteiger partial charge in [0.2, 0.25) is 0 Å². The fourth-order valence-electron chi connectivity index (χ4n) is 4.09. The number of rotatable bonds is 6. The molecule has 2 aliphatic carbocycles. The van der Waals surface area contributed by atoms with Gasteiger partial charge in [0.1, 0.15) is 5.82 Å². The zero-order valence-corrected chi connectivity index (χ0v) is 16.2. The lowest BCUT2D eigenvalue weighted by Gasteiger charge is -2.33. The Morgan fingerprint density at radius 2 is 1.88 bits per heavy atom. The monoisotopic (exact) mass is 374 g/mol. The zero-order chi connectivity index (χ0) is 18.1. The van der Waals surface area contributed by atoms with Crippen LogP contribution in [-0.4, -0.2) is 31.8 Å². The minimum atomic E-state index is -0.235. The summed E-state index contributed by atoms with van der Waals surface area (Å²) in [5.74, 6) is 0.441. The first kappa shape index (κ1) is 17.9. The molecule has 0 atom stereocenters. The molecule has 26 heavy (non-hydrogen) atoms. The maximum atomic E-state index is 14.4. The van der Waals surface area contributed by atoms with E-state index in [9.17, 15) is 4.39 Å². The summed E-state index contributed by atoms with van der Waals surface area (Å²) in [6.07, 6.45) is 8.67. The first-order valence-corrected chi connectivity index (χ1v) is 10.3. The molecule has 0 unspecified atom stereocenters. The smallest absolute Gasteiger partial charge is 0.199 e. The van der Waals surface area contributed by atoms with Gasteiger partial charge in [-0.25, -0.2) is 9.07 Å². The Morgan fingerprint density at radius 3 is 2.54 bits per heavy atom. The van der Waals surface area contributed by atoms with Gasteiger partial charge in [0.15, 0.2) is 10.6 Å². The highest BCUT2D eigenvalue weighted by molar-refractivity contribution is 7.71. The molecule has 0 aliphatic heterocycles. The van der Waals surface area contributed by atoms with E-state index >= 15 is 0 Å². The summed E-state index contributed by atoms with van der Waals surface area (Å²) < 4.78 is 19.1. The molecule has 1 aromatic carbocycles. The molecule has 6 heteroatoms. The van der Waals surface area contributed by atoms with Crippen LogP contribution in [0.2, 0.25) is 0 Å². The van der Waals surface area contributed by atoms with E-state index in [1.165, 1.54) is 38.2 Å². The summed E-state index contributed by atoms with van der Waals surface area (Å²) in [7, 11) is 0. The van der Waals surface area contributed by atoms with Gasteiger partial charge in [-0.15, -0.1) is 0 Å². The fraction of sp³-hybridized carbons (Fsp3) is 0.600. The third kappa shape index (κ3) is 3.49. The Balaban J connectivity index is 1.67. The molecule has 1 aromatic heterocycles. The van der Waals surface area contributed by atoms with Crippen molar-refractivity contribution in [3.63, 3.8) is 0 Å². The third-order valence-electron chi connectivity index (χ3n) is 5.71. The molecule has 4 rings (SSSR count). The van der Waals surface area contributed by atoms with Gasteiger partial charge in [-0.3, -0.25) is 9.47 Å². The Hall–Kier alpha value is -1.53. The van der Waals surface area contributed by atoms with Crippen LogP contribution >= 0.6 is 12.2 Å². The van der Waals surface area contributed by atoms with Crippen molar-refractivity contribution in [1.82, 2.24) is 19.2 Å². The van der Waals surface area contributed by atoms with Crippen molar-refractivity contribution < 1.29 is 4.39 Å². The van der Waals surface area contributed by atoms with E-state index in [-0.39, 0.29) is 5.82 Å². The van der Waals surface area contributed by atoms with Crippen molar-refractivity contribution >= 4 is 12.2 Å². The molecule has 2 aliphatic rings. The van der Waals surface area contributed by atoms with Crippen LogP contribution in [0.5, 0.6) is 0 Å². The second-order valence-electron chi connectivity index (χ2n) is 7.52. The number of hydrogen-bond donors (Lipinski definition) is 0. The van der Waals surface area contributed by atoms with Gasteiger partial charge in [-0.1, -0.05) is 38.3 Å². The van der Waals surface area contributed by atoms with Gasteiger partial charge in [-0.2, -0.15) is 5.10 Å². The van der Waals surface area contributed by atoms with Crippen LogP contribution in [0.1, 0.15) is 57.9 Å². The summed E-state index contributed by atoms with van der Waals surface area (Å²) in [6, 6.07) is 7.85. The number of nitrogens with zero attached hydrogens (tertiary/aromatic N) is 4. The summed E-state index contributed by atoms with van der Waals surface area (Å²) in [5, 5.41) is 4.78. The largest absolute Gasteiger partial charge is 0.297 e. The molecule has 0 bridgehead atoms. The molecule has 2 fully saturated rings. The molecule has 0 saturated heterocycles. The summed E-state index contributed by atoms with van der Waals surface area (Å²) in [4.78, 5) is 2.48. The molecule has 0 amide bonds. The molecule has 0 spiro atoms. The highest BCUT2D eigenvalue weighted by atomic mass is 32.1. The first-order valence-electron chi connectivity index (χ1n) is 9.87. The Labute approximate surface area is 159 Å². The Bertz CT molecular complexity index is 817. The fourth-order valence-corrected chi connectivity index (χ4v) is 4.43. The predicted octanol–water partition coefficient (Wildman–Crippen LogP) is 5.17. The number of benzene rings is 1. The van der Waals surface area contributed by atoms with Crippen molar-refractivity contribution in [3.8, 4) is 11.4 Å². The van der Waals surface area contributed by atoms with E-state index in [1.807, 2.05) is 10.7 Å². The molecular weight excluding hydrogens is 347 g/mol. The molecule has 2 aromatic rings. The highest BCUT2D eigenvalue weighted by Gasteiger charge is 2.30. The van der Waals surface area contributed by atoms with Crippen LogP contribution in [-0.2, 0) is 6.67 Å². The number of halogens is 1. The highest BCUT2D eigenvalue weighted by Crippen LogP contribution is 2.39. The normalized spacial score (nSPS) is 18.6. The molecular formula is C20H27FN4S. The summed E-state index contributed by atoms with van der Waals surface area (Å²) in [6.45, 7) is 3.88. The second-order valence-corrected chi connectivity index (χ2v) is 7.89. The minimum Gasteiger partial charge on any atom is -0.297 e.